The smallest absolute Gasteiger partial charge is 0.338 e. The minimum absolute atomic E-state index is 0.0331. The number of nitrogens with two attached hydrogens (primary N) is 2. The van der Waals surface area contributed by atoms with Gasteiger partial charge in [-0.3, -0.25) is 4.79 Å². The van der Waals surface area contributed by atoms with Gasteiger partial charge in [0.15, 0.2) is 5.78 Å². The molecule has 7 nitrogen and oxygen atoms in total. The van der Waals surface area contributed by atoms with Crippen LogP contribution in [0.15, 0.2) is 84.5 Å². The number of anilines is 2. The normalized spacial score (nSPS) is 27.2. The molecule has 334 valence electrons. The number of ketones is 1. The zero-order valence-electron chi connectivity index (χ0n) is 38.3. The van der Waals surface area contributed by atoms with Crippen LogP contribution in [0, 0.1) is 46.3 Å². The SMILES string of the molecule is CC(C)CCC[C@@H](C)[C@H]1CCC2C3CC=C4CC(Oc5ccc(C(=O)C=Cc6ccc(OCCCCCCOC(=O)c7cc(N)cc(N)c7)cc6)cc5)CC[C@]4(C)C3CC[C@@]21C. The molecule has 3 aromatic rings. The van der Waals surface area contributed by atoms with E-state index in [1.807, 2.05) is 54.6 Å². The third kappa shape index (κ3) is 10.8. The second-order valence-electron chi connectivity index (χ2n) is 20.4. The third-order valence-electron chi connectivity index (χ3n) is 15.8. The molecule has 4 aliphatic carbocycles. The van der Waals surface area contributed by atoms with Gasteiger partial charge in [-0.05, 0) is 183 Å². The first-order chi connectivity index (χ1) is 29.8. The number of nitrogen functional groups attached to an aromatic ring is 2. The first-order valence-corrected chi connectivity index (χ1v) is 24.1. The number of benzene rings is 3. The maximum absolute atomic E-state index is 13.1. The number of carbonyl (C=O) groups excluding carboxylic acids is 2. The predicted molar refractivity (Wildman–Crippen MR) is 253 cm³/mol. The highest BCUT2D eigenvalue weighted by Gasteiger charge is 2.59. The fourth-order valence-corrected chi connectivity index (χ4v) is 12.4. The molecule has 0 saturated heterocycles. The van der Waals surface area contributed by atoms with E-state index in [0.29, 0.717) is 46.5 Å². The van der Waals surface area contributed by atoms with Crippen molar-refractivity contribution < 1.29 is 23.8 Å². The molecule has 7 heteroatoms. The fraction of sp³-hybridized carbons (Fsp3) is 0.564. The van der Waals surface area contributed by atoms with Crippen LogP contribution < -0.4 is 20.9 Å². The molecule has 62 heavy (non-hydrogen) atoms. The topological polar surface area (TPSA) is 114 Å². The minimum atomic E-state index is -0.411. The van der Waals surface area contributed by atoms with Crippen LogP contribution in [0.4, 0.5) is 11.4 Å². The lowest BCUT2D eigenvalue weighted by atomic mass is 9.47. The Kier molecular flexibility index (Phi) is 14.9. The van der Waals surface area contributed by atoms with Gasteiger partial charge in [0.05, 0.1) is 18.8 Å². The van der Waals surface area contributed by atoms with Gasteiger partial charge in [0, 0.05) is 23.4 Å². The highest BCUT2D eigenvalue weighted by molar-refractivity contribution is 6.06. The first kappa shape index (κ1) is 45.5. The van der Waals surface area contributed by atoms with Crippen molar-refractivity contribution in [2.45, 2.75) is 137 Å². The van der Waals surface area contributed by atoms with Gasteiger partial charge in [0.2, 0.25) is 0 Å². The van der Waals surface area contributed by atoms with Crippen molar-refractivity contribution in [3.05, 3.63) is 101 Å². The van der Waals surface area contributed by atoms with E-state index in [9.17, 15) is 9.59 Å². The molecule has 4 aliphatic rings. The molecule has 0 amide bonds. The highest BCUT2D eigenvalue weighted by Crippen LogP contribution is 2.67. The monoisotopic (exact) mass is 843 g/mol. The van der Waals surface area contributed by atoms with E-state index in [4.69, 9.17) is 25.7 Å². The van der Waals surface area contributed by atoms with Crippen LogP contribution in [0.25, 0.3) is 6.08 Å². The van der Waals surface area contributed by atoms with Gasteiger partial charge in [0.25, 0.3) is 0 Å². The molecule has 8 atom stereocenters. The van der Waals surface area contributed by atoms with Gasteiger partial charge in [-0.2, -0.15) is 0 Å². The molecule has 0 heterocycles. The maximum Gasteiger partial charge on any atom is 0.338 e. The Balaban J connectivity index is 0.812. The summed E-state index contributed by atoms with van der Waals surface area (Å²) in [5.41, 5.74) is 16.9. The number of unbranched alkanes of at least 4 members (excludes halogenated alkanes) is 3. The number of rotatable bonds is 19. The van der Waals surface area contributed by atoms with Crippen molar-refractivity contribution in [2.24, 2.45) is 46.3 Å². The second kappa shape index (κ2) is 20.3. The van der Waals surface area contributed by atoms with E-state index < -0.39 is 5.97 Å². The summed E-state index contributed by atoms with van der Waals surface area (Å²) in [6.45, 7) is 13.6. The van der Waals surface area contributed by atoms with Crippen molar-refractivity contribution in [2.75, 3.05) is 24.7 Å². The van der Waals surface area contributed by atoms with Crippen molar-refractivity contribution in [3.63, 3.8) is 0 Å². The summed E-state index contributed by atoms with van der Waals surface area (Å²) in [4.78, 5) is 25.3. The quantitative estimate of drug-likeness (QED) is 0.0308. The van der Waals surface area contributed by atoms with Crippen LogP contribution >= 0.6 is 0 Å². The second-order valence-corrected chi connectivity index (χ2v) is 20.4. The van der Waals surface area contributed by atoms with E-state index in [0.717, 1.165) is 91.1 Å². The van der Waals surface area contributed by atoms with Crippen LogP contribution in [-0.2, 0) is 4.74 Å². The number of allylic oxidation sites excluding steroid dienone is 2. The number of ether oxygens (including phenoxy) is 3. The summed E-state index contributed by atoms with van der Waals surface area (Å²) in [6.07, 6.45) is 24.3. The van der Waals surface area contributed by atoms with Gasteiger partial charge in [-0.1, -0.05) is 83.7 Å². The summed E-state index contributed by atoms with van der Waals surface area (Å²) >= 11 is 0. The Morgan fingerprint density at radius 1 is 0.758 bits per heavy atom. The molecule has 3 saturated carbocycles. The van der Waals surface area contributed by atoms with Crippen molar-refractivity contribution in [1.82, 2.24) is 0 Å². The number of esters is 1. The largest absolute Gasteiger partial charge is 0.494 e. The zero-order chi connectivity index (χ0) is 43.9. The Labute approximate surface area is 372 Å². The summed E-state index contributed by atoms with van der Waals surface area (Å²) in [6, 6.07) is 20.2. The standard InChI is InChI=1S/C55H74N2O5/c1-37(2)11-10-12-38(3)49-24-25-50-48-23-18-42-35-47(27-29-54(42,4)51(48)28-30-55(49,50)5)62-46-21-16-40(17-22-46)52(58)26-15-39-13-19-45(20-14-39)60-31-8-6-7-9-32-61-53(59)41-33-43(56)36-44(57)34-41/h13-22,26,33-34,36-38,47-51H,6-12,23-25,27-32,35,56-57H2,1-5H3/t38-,47?,48?,49-,50?,51?,54+,55-/m1/s1. The molecular weight excluding hydrogens is 769 g/mol. The van der Waals surface area contributed by atoms with Crippen molar-refractivity contribution in [1.29, 1.82) is 0 Å². The molecule has 7 rings (SSSR count). The fourth-order valence-electron chi connectivity index (χ4n) is 12.4. The molecular formula is C55H74N2O5. The van der Waals surface area contributed by atoms with Gasteiger partial charge in [-0.25, -0.2) is 4.79 Å². The van der Waals surface area contributed by atoms with Gasteiger partial charge >= 0.3 is 5.97 Å². The van der Waals surface area contributed by atoms with Crippen LogP contribution in [0.5, 0.6) is 11.5 Å². The van der Waals surface area contributed by atoms with Gasteiger partial charge in [0.1, 0.15) is 17.6 Å². The van der Waals surface area contributed by atoms with E-state index >= 15 is 0 Å². The predicted octanol–water partition coefficient (Wildman–Crippen LogP) is 13.3. The van der Waals surface area contributed by atoms with Crippen LogP contribution in [0.3, 0.4) is 0 Å². The van der Waals surface area contributed by atoms with Gasteiger partial charge in [-0.15, -0.1) is 0 Å². The lowest BCUT2D eigenvalue weighted by molar-refractivity contribution is -0.0559. The van der Waals surface area contributed by atoms with Gasteiger partial charge < -0.3 is 25.7 Å². The molecule has 3 aromatic carbocycles. The third-order valence-corrected chi connectivity index (χ3v) is 15.8. The number of fused-ring (bicyclic) bond motifs is 5. The molecule has 4 N–H and O–H groups in total. The average molecular weight is 843 g/mol. The Morgan fingerprint density at radius 3 is 2.19 bits per heavy atom. The molecule has 3 fully saturated rings. The molecule has 0 aromatic heterocycles. The summed E-state index contributed by atoms with van der Waals surface area (Å²) in [7, 11) is 0. The lowest BCUT2D eigenvalue weighted by Gasteiger charge is -2.58. The van der Waals surface area contributed by atoms with Crippen LogP contribution in [0.2, 0.25) is 0 Å². The minimum Gasteiger partial charge on any atom is -0.494 e. The highest BCUT2D eigenvalue weighted by atomic mass is 16.5. The summed E-state index contributed by atoms with van der Waals surface area (Å²) < 4.78 is 17.9. The molecule has 0 aliphatic heterocycles. The molecule has 0 radical (unpaired) electrons. The van der Waals surface area contributed by atoms with E-state index in [-0.39, 0.29) is 11.9 Å². The lowest BCUT2D eigenvalue weighted by Crippen LogP contribution is -2.51. The Morgan fingerprint density at radius 2 is 1.47 bits per heavy atom. The Hall–Kier alpha value is -4.52. The number of hydrogen-bond donors (Lipinski definition) is 2. The first-order valence-electron chi connectivity index (χ1n) is 24.1. The van der Waals surface area contributed by atoms with Crippen LogP contribution in [-0.4, -0.2) is 31.1 Å². The Bertz CT molecular complexity index is 2020. The van der Waals surface area contributed by atoms with E-state index in [1.165, 1.54) is 57.8 Å². The van der Waals surface area contributed by atoms with Crippen LogP contribution in [0.1, 0.15) is 157 Å². The average Bonchev–Trinajstić information content (AvgIpc) is 3.61. The molecule has 0 bridgehead atoms. The number of hydrogen-bond acceptors (Lipinski definition) is 7. The van der Waals surface area contributed by atoms with E-state index in [2.05, 4.69) is 40.7 Å². The molecule has 4 unspecified atom stereocenters. The van der Waals surface area contributed by atoms with Crippen molar-refractivity contribution >= 4 is 29.2 Å². The maximum atomic E-state index is 13.1. The zero-order valence-corrected chi connectivity index (χ0v) is 38.3. The molecule has 0 spiro atoms. The summed E-state index contributed by atoms with van der Waals surface area (Å²) in [5, 5.41) is 0. The summed E-state index contributed by atoms with van der Waals surface area (Å²) in [5.74, 6) is 6.30. The van der Waals surface area contributed by atoms with Crippen molar-refractivity contribution in [3.8, 4) is 11.5 Å². The van der Waals surface area contributed by atoms with E-state index in [1.54, 1.807) is 29.8 Å². The number of carbonyl (C=O) groups is 2.